The zero-order valence-electron chi connectivity index (χ0n) is 14.4. The highest BCUT2D eigenvalue weighted by atomic mass is 16.5. The number of carbonyl (C=O) groups is 1. The molecule has 0 saturated carbocycles. The molecule has 132 valence electrons. The molecule has 0 bridgehead atoms. The molecule has 1 N–H and O–H groups in total. The van der Waals surface area contributed by atoms with Crippen LogP contribution < -0.4 is 5.32 Å². The Balaban J connectivity index is 1.50. The number of rotatable bonds is 5. The second-order valence-corrected chi connectivity index (χ2v) is 6.20. The number of nitrogens with one attached hydrogen (secondary N) is 1. The van der Waals surface area contributed by atoms with Crippen molar-refractivity contribution in [1.82, 2.24) is 20.0 Å². The summed E-state index contributed by atoms with van der Waals surface area (Å²) in [6, 6.07) is 15.5. The zero-order valence-corrected chi connectivity index (χ0v) is 14.4. The Kier molecular flexibility index (Phi) is 4.35. The molecular weight excluding hydrogens is 330 g/mol. The average molecular weight is 349 g/mol. The zero-order chi connectivity index (χ0) is 17.9. The summed E-state index contributed by atoms with van der Waals surface area (Å²) >= 11 is 0. The number of amides is 1. The molecule has 1 aliphatic rings. The number of hydrogen-bond acceptors (Lipinski definition) is 6. The van der Waals surface area contributed by atoms with Gasteiger partial charge in [0.05, 0.1) is 0 Å². The van der Waals surface area contributed by atoms with Crippen LogP contribution in [0.25, 0.3) is 11.5 Å². The van der Waals surface area contributed by atoms with Crippen LogP contribution in [0.2, 0.25) is 0 Å². The third-order valence-corrected chi connectivity index (χ3v) is 4.49. The van der Waals surface area contributed by atoms with Gasteiger partial charge in [0.1, 0.15) is 17.4 Å². The molecule has 1 saturated heterocycles. The SMILES string of the molecule is CNc1cccc(-c2noc(C3CCN(Cc4ccccc4)C3=O)n2)n1. The normalized spacial score (nSPS) is 16.9. The lowest BCUT2D eigenvalue weighted by atomic mass is 10.1. The number of likely N-dealkylation sites (tertiary alicyclic amines) is 1. The van der Waals surface area contributed by atoms with Crippen molar-refractivity contribution in [3.8, 4) is 11.5 Å². The summed E-state index contributed by atoms with van der Waals surface area (Å²) in [5, 5.41) is 6.98. The molecule has 0 spiro atoms. The van der Waals surface area contributed by atoms with E-state index in [0.29, 0.717) is 36.9 Å². The van der Waals surface area contributed by atoms with Gasteiger partial charge in [-0.05, 0) is 24.1 Å². The lowest BCUT2D eigenvalue weighted by Crippen LogP contribution is -2.26. The fourth-order valence-corrected chi connectivity index (χ4v) is 3.11. The highest BCUT2D eigenvalue weighted by molar-refractivity contribution is 5.84. The van der Waals surface area contributed by atoms with Crippen LogP contribution >= 0.6 is 0 Å². The van der Waals surface area contributed by atoms with Gasteiger partial charge in [0, 0.05) is 20.1 Å². The second kappa shape index (κ2) is 6.95. The minimum absolute atomic E-state index is 0.0287. The molecule has 2 aromatic heterocycles. The predicted octanol–water partition coefficient (Wildman–Crippen LogP) is 2.69. The summed E-state index contributed by atoms with van der Waals surface area (Å²) in [6.45, 7) is 1.28. The van der Waals surface area contributed by atoms with Crippen molar-refractivity contribution in [3.63, 3.8) is 0 Å². The first-order chi connectivity index (χ1) is 12.7. The Morgan fingerprint density at radius 2 is 2.00 bits per heavy atom. The van der Waals surface area contributed by atoms with Gasteiger partial charge in [-0.25, -0.2) is 4.98 Å². The fraction of sp³-hybridized carbons (Fsp3) is 0.263. The van der Waals surface area contributed by atoms with Gasteiger partial charge in [0.2, 0.25) is 17.6 Å². The fourth-order valence-electron chi connectivity index (χ4n) is 3.11. The second-order valence-electron chi connectivity index (χ2n) is 6.20. The predicted molar refractivity (Wildman–Crippen MR) is 96.3 cm³/mol. The van der Waals surface area contributed by atoms with Crippen molar-refractivity contribution in [2.45, 2.75) is 18.9 Å². The third kappa shape index (κ3) is 3.15. The first-order valence-electron chi connectivity index (χ1n) is 8.56. The highest BCUT2D eigenvalue weighted by Crippen LogP contribution is 2.29. The Hall–Kier alpha value is -3.22. The topological polar surface area (TPSA) is 84.2 Å². The molecule has 3 aromatic rings. The maximum Gasteiger partial charge on any atom is 0.239 e. The van der Waals surface area contributed by atoms with E-state index in [2.05, 4.69) is 20.4 Å². The molecule has 1 amide bonds. The molecule has 1 atom stereocenters. The lowest BCUT2D eigenvalue weighted by Gasteiger charge is -2.15. The number of hydrogen-bond donors (Lipinski definition) is 1. The molecule has 0 radical (unpaired) electrons. The van der Waals surface area contributed by atoms with Gasteiger partial charge in [-0.1, -0.05) is 41.6 Å². The lowest BCUT2D eigenvalue weighted by molar-refractivity contribution is -0.129. The quantitative estimate of drug-likeness (QED) is 0.762. The van der Waals surface area contributed by atoms with Crippen LogP contribution in [0.5, 0.6) is 0 Å². The summed E-state index contributed by atoms with van der Waals surface area (Å²) in [7, 11) is 1.80. The monoisotopic (exact) mass is 349 g/mol. The van der Waals surface area contributed by atoms with E-state index in [4.69, 9.17) is 4.52 Å². The van der Waals surface area contributed by atoms with Gasteiger partial charge in [0.15, 0.2) is 0 Å². The van der Waals surface area contributed by atoms with E-state index < -0.39 is 0 Å². The maximum atomic E-state index is 12.7. The van der Waals surface area contributed by atoms with E-state index in [1.807, 2.05) is 53.4 Å². The van der Waals surface area contributed by atoms with Crippen LogP contribution in [0.15, 0.2) is 53.1 Å². The maximum absolute atomic E-state index is 12.7. The van der Waals surface area contributed by atoms with Crippen LogP contribution in [0, 0.1) is 0 Å². The smallest absolute Gasteiger partial charge is 0.239 e. The van der Waals surface area contributed by atoms with Crippen molar-refractivity contribution in [1.29, 1.82) is 0 Å². The van der Waals surface area contributed by atoms with Crippen LogP contribution in [0.4, 0.5) is 5.82 Å². The summed E-state index contributed by atoms with van der Waals surface area (Å²) in [4.78, 5) is 23.4. The number of anilines is 1. The summed E-state index contributed by atoms with van der Waals surface area (Å²) in [5.74, 6) is 1.12. The number of benzene rings is 1. The van der Waals surface area contributed by atoms with Crippen LogP contribution in [0.3, 0.4) is 0 Å². The standard InChI is InChI=1S/C19H19N5O2/c1-20-16-9-5-8-15(21-16)17-22-18(26-23-17)14-10-11-24(19(14)25)12-13-6-3-2-4-7-13/h2-9,14H,10-12H2,1H3,(H,20,21). The Bertz CT molecular complexity index is 909. The van der Waals surface area contributed by atoms with Crippen LogP contribution in [0.1, 0.15) is 23.8 Å². The van der Waals surface area contributed by atoms with Crippen molar-refractivity contribution in [2.75, 3.05) is 18.9 Å². The van der Waals surface area contributed by atoms with E-state index in [1.54, 1.807) is 7.05 Å². The Labute approximate surface area is 151 Å². The number of carbonyl (C=O) groups excluding carboxylic acids is 1. The molecule has 26 heavy (non-hydrogen) atoms. The van der Waals surface area contributed by atoms with Crippen LogP contribution in [-0.2, 0) is 11.3 Å². The van der Waals surface area contributed by atoms with Gasteiger partial charge < -0.3 is 14.7 Å². The summed E-state index contributed by atoms with van der Waals surface area (Å²) < 4.78 is 5.38. The molecule has 1 aliphatic heterocycles. The van der Waals surface area contributed by atoms with Gasteiger partial charge in [-0.15, -0.1) is 0 Å². The number of pyridine rings is 1. The van der Waals surface area contributed by atoms with E-state index in [0.717, 1.165) is 11.4 Å². The number of nitrogens with zero attached hydrogens (tertiary/aromatic N) is 4. The van der Waals surface area contributed by atoms with Crippen molar-refractivity contribution >= 4 is 11.7 Å². The van der Waals surface area contributed by atoms with E-state index in [9.17, 15) is 4.79 Å². The van der Waals surface area contributed by atoms with E-state index >= 15 is 0 Å². The molecule has 3 heterocycles. The van der Waals surface area contributed by atoms with Crippen LogP contribution in [-0.4, -0.2) is 39.5 Å². The molecular formula is C19H19N5O2. The highest BCUT2D eigenvalue weighted by Gasteiger charge is 2.36. The largest absolute Gasteiger partial charge is 0.373 e. The van der Waals surface area contributed by atoms with Crippen molar-refractivity contribution in [2.24, 2.45) is 0 Å². The molecule has 1 aromatic carbocycles. The number of aromatic nitrogens is 3. The molecule has 7 heteroatoms. The molecule has 1 unspecified atom stereocenters. The van der Waals surface area contributed by atoms with E-state index in [1.165, 1.54) is 0 Å². The minimum atomic E-state index is -0.382. The third-order valence-electron chi connectivity index (χ3n) is 4.49. The van der Waals surface area contributed by atoms with Crippen molar-refractivity contribution in [3.05, 3.63) is 60.0 Å². The van der Waals surface area contributed by atoms with Gasteiger partial charge in [0.25, 0.3) is 0 Å². The molecule has 7 nitrogen and oxygen atoms in total. The first-order valence-corrected chi connectivity index (χ1v) is 8.56. The summed E-state index contributed by atoms with van der Waals surface area (Å²) in [6.07, 6.45) is 0.678. The van der Waals surface area contributed by atoms with Crippen molar-refractivity contribution < 1.29 is 9.32 Å². The molecule has 4 rings (SSSR count). The van der Waals surface area contributed by atoms with Gasteiger partial charge in [-0.3, -0.25) is 4.79 Å². The van der Waals surface area contributed by atoms with Gasteiger partial charge in [-0.2, -0.15) is 4.98 Å². The van der Waals surface area contributed by atoms with E-state index in [-0.39, 0.29) is 11.8 Å². The molecule has 1 fully saturated rings. The molecule has 0 aliphatic carbocycles. The minimum Gasteiger partial charge on any atom is -0.373 e. The summed E-state index contributed by atoms with van der Waals surface area (Å²) in [5.41, 5.74) is 1.72. The Morgan fingerprint density at radius 3 is 2.81 bits per heavy atom. The average Bonchev–Trinajstić information content (AvgIpc) is 3.30. The Morgan fingerprint density at radius 1 is 1.15 bits per heavy atom. The van der Waals surface area contributed by atoms with Gasteiger partial charge >= 0.3 is 0 Å². The first kappa shape index (κ1) is 16.3.